The van der Waals surface area contributed by atoms with Crippen molar-refractivity contribution in [2.24, 2.45) is 5.73 Å². The quantitative estimate of drug-likeness (QED) is 0.0905. The van der Waals surface area contributed by atoms with Crippen LogP contribution in [0.2, 0.25) is 0 Å². The van der Waals surface area contributed by atoms with Crippen LogP contribution in [0.15, 0.2) is 0 Å². The molecule has 3 atom stereocenters. The number of nitrogens with one attached hydrogen (secondary N) is 3. The van der Waals surface area contributed by atoms with Gasteiger partial charge >= 0.3 is 5.97 Å². The van der Waals surface area contributed by atoms with Crippen LogP contribution >= 0.6 is 0 Å². The molecule has 0 heterocycles. The molecule has 0 aliphatic carbocycles. The maximum atomic E-state index is 13.3. The predicted molar refractivity (Wildman–Crippen MR) is 154 cm³/mol. The van der Waals surface area contributed by atoms with Crippen LogP contribution in [-0.4, -0.2) is 137 Å². The third kappa shape index (κ3) is 20.3. The summed E-state index contributed by atoms with van der Waals surface area (Å²) in [5.41, 5.74) is 6.13. The summed E-state index contributed by atoms with van der Waals surface area (Å²) >= 11 is 0. The molecule has 3 amide bonds. The van der Waals surface area contributed by atoms with Gasteiger partial charge in [0.2, 0.25) is 17.7 Å². The Morgan fingerprint density at radius 1 is 0.718 bits per heavy atom. The van der Waals surface area contributed by atoms with E-state index in [1.165, 1.54) is 0 Å². The van der Waals surface area contributed by atoms with Gasteiger partial charge in [-0.1, -0.05) is 6.42 Å². The molecule has 0 bridgehead atoms. The predicted octanol–water partition coefficient (Wildman–Crippen LogP) is -0.176. The minimum atomic E-state index is -1.16. The van der Waals surface area contributed by atoms with Crippen LogP contribution in [0.5, 0.6) is 0 Å². The Labute approximate surface area is 235 Å². The van der Waals surface area contributed by atoms with Crippen molar-refractivity contribution in [2.75, 3.05) is 75.5 Å². The number of carboxylic acid groups (broad SMARTS) is 1. The molecule has 39 heavy (non-hydrogen) atoms. The number of nitrogens with zero attached hydrogens (tertiary/aromatic N) is 3. The first-order valence-electron chi connectivity index (χ1n) is 14.1. The van der Waals surface area contributed by atoms with Gasteiger partial charge < -0.3 is 41.1 Å². The van der Waals surface area contributed by atoms with Gasteiger partial charge in [-0.2, -0.15) is 0 Å². The smallest absolute Gasteiger partial charge is 0.322 e. The highest BCUT2D eigenvalue weighted by Crippen LogP contribution is 2.09. The molecule has 0 fully saturated rings. The number of carbonyl (C=O) groups excluding carboxylic acids is 3. The number of unbranched alkanes of at least 4 members (excludes halogenated alkanes) is 3. The van der Waals surface area contributed by atoms with Gasteiger partial charge in [-0.05, 0) is 92.6 Å². The summed E-state index contributed by atoms with van der Waals surface area (Å²) in [6.07, 6.45) is 6.07. The van der Waals surface area contributed by atoms with E-state index in [1.54, 1.807) is 0 Å². The number of hydrogen-bond donors (Lipinski definition) is 5. The Bertz CT molecular complexity index is 741. The maximum Gasteiger partial charge on any atom is 0.322 e. The average Bonchev–Trinajstić information content (AvgIpc) is 2.82. The Morgan fingerprint density at radius 3 is 1.67 bits per heavy atom. The van der Waals surface area contributed by atoms with Gasteiger partial charge in [0.05, 0.1) is 33.7 Å². The SMILES string of the molecule is CN(C)CCCCC(N)C(=O)NC(CCCC[N+](C)(C)C)C(=O)NC(CCCCN(C)C)C(=O)NCC(=O)O. The first kappa shape index (κ1) is 36.7. The van der Waals surface area contributed by atoms with Gasteiger partial charge in [-0.25, -0.2) is 0 Å². The number of aliphatic carboxylic acids is 1. The van der Waals surface area contributed by atoms with Gasteiger partial charge in [-0.15, -0.1) is 0 Å². The maximum absolute atomic E-state index is 13.3. The summed E-state index contributed by atoms with van der Waals surface area (Å²) < 4.78 is 0.791. The van der Waals surface area contributed by atoms with Gasteiger partial charge in [0, 0.05) is 0 Å². The van der Waals surface area contributed by atoms with E-state index in [0.29, 0.717) is 32.1 Å². The van der Waals surface area contributed by atoms with Crippen molar-refractivity contribution in [3.63, 3.8) is 0 Å². The second kappa shape index (κ2) is 19.7. The van der Waals surface area contributed by atoms with Crippen molar-refractivity contribution in [1.29, 1.82) is 0 Å². The molecule has 12 nitrogen and oxygen atoms in total. The van der Waals surface area contributed by atoms with E-state index in [1.807, 2.05) is 33.1 Å². The summed E-state index contributed by atoms with van der Waals surface area (Å²) in [6.45, 7) is 2.12. The molecule has 0 aromatic heterocycles. The third-order valence-electron chi connectivity index (χ3n) is 6.31. The molecule has 0 aliphatic rings. The number of carbonyl (C=O) groups is 4. The normalized spacial score (nSPS) is 14.1. The molecule has 0 aromatic rings. The van der Waals surface area contributed by atoms with Crippen molar-refractivity contribution in [3.05, 3.63) is 0 Å². The van der Waals surface area contributed by atoms with Crippen molar-refractivity contribution in [2.45, 2.75) is 75.9 Å². The molecule has 6 N–H and O–H groups in total. The van der Waals surface area contributed by atoms with Crippen LogP contribution < -0.4 is 21.7 Å². The molecular formula is C27H56N7O5+. The zero-order valence-electron chi connectivity index (χ0n) is 25.4. The van der Waals surface area contributed by atoms with E-state index >= 15 is 0 Å². The molecule has 3 unspecified atom stereocenters. The molecule has 0 spiro atoms. The molecule has 228 valence electrons. The standard InChI is InChI=1S/C27H55N7O5/c1-32(2)17-11-8-14-21(28)25(37)30-23(16-10-13-19-34(5,6)7)27(39)31-22(15-9-12-18-33(3)4)26(38)29-20-24(35)36/h21-23H,8-20,28H2,1-7H3,(H3-,29,30,31,35,36,37,38,39)/p+1. The van der Waals surface area contributed by atoms with Gasteiger partial charge in [0.25, 0.3) is 0 Å². The summed E-state index contributed by atoms with van der Waals surface area (Å²) in [5, 5.41) is 16.9. The number of quaternary nitrogens is 1. The van der Waals surface area contributed by atoms with Gasteiger partial charge in [-0.3, -0.25) is 19.2 Å². The van der Waals surface area contributed by atoms with E-state index in [-0.39, 0.29) is 5.91 Å². The summed E-state index contributed by atoms with van der Waals surface area (Å²) in [6, 6.07) is -2.46. The fraction of sp³-hybridized carbons (Fsp3) is 0.852. The first-order chi connectivity index (χ1) is 18.1. The zero-order chi connectivity index (χ0) is 30.0. The minimum Gasteiger partial charge on any atom is -0.480 e. The van der Waals surface area contributed by atoms with E-state index in [4.69, 9.17) is 10.8 Å². The lowest BCUT2D eigenvalue weighted by molar-refractivity contribution is -0.870. The molecule has 0 saturated carbocycles. The van der Waals surface area contributed by atoms with Crippen LogP contribution in [0.1, 0.15) is 57.8 Å². The third-order valence-corrected chi connectivity index (χ3v) is 6.31. The molecule has 0 saturated heterocycles. The van der Waals surface area contributed by atoms with Crippen molar-refractivity contribution < 1.29 is 28.8 Å². The number of hydrogen-bond acceptors (Lipinski definition) is 7. The zero-order valence-corrected chi connectivity index (χ0v) is 25.4. The number of carboxylic acids is 1. The van der Waals surface area contributed by atoms with Gasteiger partial charge in [0.15, 0.2) is 0 Å². The van der Waals surface area contributed by atoms with Crippen LogP contribution in [0.4, 0.5) is 0 Å². The average molecular weight is 559 g/mol. The first-order valence-corrected chi connectivity index (χ1v) is 14.1. The van der Waals surface area contributed by atoms with Crippen molar-refractivity contribution in [3.8, 4) is 0 Å². The Hall–Kier alpha value is -2.28. The highest BCUT2D eigenvalue weighted by Gasteiger charge is 2.28. The summed E-state index contributed by atoms with van der Waals surface area (Å²) in [4.78, 5) is 54.0. The van der Waals surface area contributed by atoms with Crippen LogP contribution in [0, 0.1) is 0 Å². The van der Waals surface area contributed by atoms with Gasteiger partial charge in [0.1, 0.15) is 18.6 Å². The number of nitrogens with two attached hydrogens (primary N) is 1. The molecule has 12 heteroatoms. The van der Waals surface area contributed by atoms with Crippen LogP contribution in [0.25, 0.3) is 0 Å². The monoisotopic (exact) mass is 558 g/mol. The van der Waals surface area contributed by atoms with E-state index in [0.717, 1.165) is 49.8 Å². The fourth-order valence-electron chi connectivity index (χ4n) is 4.01. The van der Waals surface area contributed by atoms with E-state index in [9.17, 15) is 19.2 Å². The fourth-order valence-corrected chi connectivity index (χ4v) is 4.01. The van der Waals surface area contributed by atoms with Crippen LogP contribution in [0.3, 0.4) is 0 Å². The Kier molecular flexibility index (Phi) is 18.6. The molecule has 0 aliphatic heterocycles. The molecule has 0 aromatic carbocycles. The second-order valence-electron chi connectivity index (χ2n) is 11.9. The summed E-state index contributed by atoms with van der Waals surface area (Å²) in [5.74, 6) is -2.56. The summed E-state index contributed by atoms with van der Waals surface area (Å²) in [7, 11) is 14.2. The van der Waals surface area contributed by atoms with Crippen molar-refractivity contribution >= 4 is 23.7 Å². The molecule has 0 rings (SSSR count). The van der Waals surface area contributed by atoms with E-state index < -0.39 is 42.5 Å². The second-order valence-corrected chi connectivity index (χ2v) is 11.9. The Balaban J connectivity index is 5.37. The Morgan fingerprint density at radius 2 is 1.18 bits per heavy atom. The molecule has 0 radical (unpaired) electrons. The number of amides is 3. The van der Waals surface area contributed by atoms with Crippen molar-refractivity contribution in [1.82, 2.24) is 25.8 Å². The van der Waals surface area contributed by atoms with Crippen LogP contribution in [-0.2, 0) is 19.2 Å². The lowest BCUT2D eigenvalue weighted by atomic mass is 10.0. The largest absolute Gasteiger partial charge is 0.480 e. The lowest BCUT2D eigenvalue weighted by Crippen LogP contribution is -2.56. The molecular weight excluding hydrogens is 502 g/mol. The number of rotatable bonds is 22. The topological polar surface area (TPSA) is 157 Å². The highest BCUT2D eigenvalue weighted by molar-refractivity contribution is 5.93. The minimum absolute atomic E-state index is 0.360. The van der Waals surface area contributed by atoms with E-state index in [2.05, 4.69) is 42.0 Å². The highest BCUT2D eigenvalue weighted by atomic mass is 16.4. The lowest BCUT2D eigenvalue weighted by Gasteiger charge is -2.26.